The summed E-state index contributed by atoms with van der Waals surface area (Å²) in [5.74, 6) is 0.506. The van der Waals surface area contributed by atoms with E-state index in [1.165, 1.54) is 12.3 Å². The van der Waals surface area contributed by atoms with E-state index in [0.29, 0.717) is 34.0 Å². The number of carbonyl (C=O) groups excluding carboxylic acids is 1. The van der Waals surface area contributed by atoms with Crippen LogP contribution in [0.3, 0.4) is 0 Å². The van der Waals surface area contributed by atoms with Crippen LogP contribution in [0.2, 0.25) is 0 Å². The summed E-state index contributed by atoms with van der Waals surface area (Å²) in [4.78, 5) is 23.5. The Balaban J connectivity index is 1.66. The van der Waals surface area contributed by atoms with Crippen molar-refractivity contribution in [1.29, 1.82) is 5.26 Å². The number of anilines is 1. The number of rotatable bonds is 5. The molecule has 7 nitrogen and oxygen atoms in total. The van der Waals surface area contributed by atoms with Crippen molar-refractivity contribution in [3.8, 4) is 28.8 Å². The summed E-state index contributed by atoms with van der Waals surface area (Å²) < 4.78 is 5.83. The summed E-state index contributed by atoms with van der Waals surface area (Å²) in [6.45, 7) is 3.43. The van der Waals surface area contributed by atoms with E-state index in [1.54, 1.807) is 42.6 Å². The van der Waals surface area contributed by atoms with Crippen molar-refractivity contribution >= 4 is 22.8 Å². The number of H-pyrrole nitrogens is 1. The molecule has 0 aliphatic heterocycles. The molecule has 0 aliphatic carbocycles. The van der Waals surface area contributed by atoms with Crippen LogP contribution in [0, 0.1) is 11.3 Å². The zero-order valence-corrected chi connectivity index (χ0v) is 15.2. The fraction of sp³-hybridized carbons (Fsp3) is 0. The zero-order valence-electron chi connectivity index (χ0n) is 15.2. The molecule has 4 aromatic rings. The van der Waals surface area contributed by atoms with Crippen LogP contribution in [-0.4, -0.2) is 20.9 Å². The Hall–Kier alpha value is -4.44. The Labute approximate surface area is 166 Å². The minimum absolute atomic E-state index is 0.306. The lowest BCUT2D eigenvalue weighted by atomic mass is 10.1. The third-order valence-corrected chi connectivity index (χ3v) is 4.17. The molecule has 2 N–H and O–H groups in total. The summed E-state index contributed by atoms with van der Waals surface area (Å²) in [5, 5.41) is 11.8. The van der Waals surface area contributed by atoms with Gasteiger partial charge in [0.15, 0.2) is 5.65 Å². The van der Waals surface area contributed by atoms with Crippen LogP contribution in [0.1, 0.15) is 5.56 Å². The number of carbonyl (C=O) groups is 1. The molecule has 7 heteroatoms. The first-order chi connectivity index (χ1) is 14.2. The first kappa shape index (κ1) is 17.9. The van der Waals surface area contributed by atoms with E-state index < -0.39 is 0 Å². The van der Waals surface area contributed by atoms with Crippen LogP contribution in [-0.2, 0) is 4.79 Å². The maximum Gasteiger partial charge on any atom is 0.247 e. The van der Waals surface area contributed by atoms with Gasteiger partial charge in [0.1, 0.15) is 11.3 Å². The van der Waals surface area contributed by atoms with Crippen molar-refractivity contribution in [3.05, 3.63) is 79.1 Å². The quantitative estimate of drug-likeness (QED) is 0.498. The van der Waals surface area contributed by atoms with E-state index in [2.05, 4.69) is 32.9 Å². The van der Waals surface area contributed by atoms with E-state index in [1.807, 2.05) is 12.1 Å². The monoisotopic (exact) mass is 381 g/mol. The number of nitrogens with one attached hydrogen (secondary N) is 2. The van der Waals surface area contributed by atoms with Gasteiger partial charge in [-0.25, -0.2) is 9.97 Å². The smallest absolute Gasteiger partial charge is 0.247 e. The van der Waals surface area contributed by atoms with Crippen molar-refractivity contribution in [2.24, 2.45) is 0 Å². The lowest BCUT2D eigenvalue weighted by molar-refractivity contribution is -0.111. The highest BCUT2D eigenvalue weighted by Crippen LogP contribution is 2.29. The van der Waals surface area contributed by atoms with E-state index in [-0.39, 0.29) is 5.91 Å². The Morgan fingerprint density at radius 3 is 2.93 bits per heavy atom. The molecule has 2 aromatic carbocycles. The van der Waals surface area contributed by atoms with Gasteiger partial charge in [-0.1, -0.05) is 24.8 Å². The summed E-state index contributed by atoms with van der Waals surface area (Å²) >= 11 is 0. The molecule has 0 radical (unpaired) electrons. The maximum atomic E-state index is 11.5. The van der Waals surface area contributed by atoms with Gasteiger partial charge in [0.05, 0.1) is 17.8 Å². The first-order valence-corrected chi connectivity index (χ1v) is 8.72. The molecule has 0 saturated carbocycles. The molecule has 0 fully saturated rings. The Kier molecular flexibility index (Phi) is 4.74. The topological polar surface area (TPSA) is 104 Å². The molecule has 2 aromatic heterocycles. The fourth-order valence-corrected chi connectivity index (χ4v) is 2.85. The number of benzene rings is 2. The molecular weight excluding hydrogens is 366 g/mol. The molecule has 0 unspecified atom stereocenters. The number of ether oxygens (including phenoxy) is 1. The van der Waals surface area contributed by atoms with Crippen LogP contribution in [0.5, 0.6) is 11.6 Å². The van der Waals surface area contributed by atoms with Crippen molar-refractivity contribution in [3.63, 3.8) is 0 Å². The molecule has 0 aliphatic rings. The van der Waals surface area contributed by atoms with Crippen LogP contribution in [0.4, 0.5) is 5.69 Å². The minimum atomic E-state index is -0.306. The fourth-order valence-electron chi connectivity index (χ4n) is 2.85. The van der Waals surface area contributed by atoms with Gasteiger partial charge in [-0.05, 0) is 35.9 Å². The van der Waals surface area contributed by atoms with Gasteiger partial charge in [0.25, 0.3) is 0 Å². The van der Waals surface area contributed by atoms with Gasteiger partial charge in [0, 0.05) is 23.5 Å². The number of hydrogen-bond donors (Lipinski definition) is 2. The van der Waals surface area contributed by atoms with E-state index in [4.69, 9.17) is 10.00 Å². The van der Waals surface area contributed by atoms with Gasteiger partial charge in [0.2, 0.25) is 11.8 Å². The highest BCUT2D eigenvalue weighted by molar-refractivity contribution is 5.99. The molecule has 0 bridgehead atoms. The summed E-state index contributed by atoms with van der Waals surface area (Å²) in [6.07, 6.45) is 4.52. The number of aromatic nitrogens is 3. The molecule has 4 rings (SSSR count). The van der Waals surface area contributed by atoms with E-state index >= 15 is 0 Å². The standard InChI is InChI=1S/C22H15N5O2/c1-2-19(28)26-16-7-4-8-17(10-16)29-20-13-25-22-21(27-20)18(12-24-22)15-6-3-5-14(9-15)11-23/h2-10,12-13H,1H2,(H,24,25)(H,26,28). The molecule has 1 amide bonds. The largest absolute Gasteiger partial charge is 0.437 e. The predicted octanol–water partition coefficient (Wildman–Crippen LogP) is 4.41. The summed E-state index contributed by atoms with van der Waals surface area (Å²) in [6, 6.07) is 16.4. The predicted molar refractivity (Wildman–Crippen MR) is 109 cm³/mol. The Morgan fingerprint density at radius 2 is 2.10 bits per heavy atom. The number of nitriles is 1. The highest BCUT2D eigenvalue weighted by atomic mass is 16.5. The van der Waals surface area contributed by atoms with Gasteiger partial charge >= 0.3 is 0 Å². The molecule has 140 valence electrons. The van der Waals surface area contributed by atoms with E-state index in [0.717, 1.165) is 11.1 Å². The van der Waals surface area contributed by atoms with E-state index in [9.17, 15) is 4.79 Å². The number of fused-ring (bicyclic) bond motifs is 1. The van der Waals surface area contributed by atoms with Crippen LogP contribution < -0.4 is 10.1 Å². The van der Waals surface area contributed by atoms with Crippen LogP contribution in [0.15, 0.2) is 73.6 Å². The van der Waals surface area contributed by atoms with Crippen molar-refractivity contribution in [2.45, 2.75) is 0 Å². The normalized spacial score (nSPS) is 10.3. The minimum Gasteiger partial charge on any atom is -0.437 e. The van der Waals surface area contributed by atoms with Crippen molar-refractivity contribution in [1.82, 2.24) is 15.0 Å². The molecule has 2 heterocycles. The number of aromatic amines is 1. The second-order valence-electron chi connectivity index (χ2n) is 6.12. The Bertz CT molecular complexity index is 1270. The maximum absolute atomic E-state index is 11.5. The SMILES string of the molecule is C=CC(=O)Nc1cccc(Oc2cnc3[nH]cc(-c4cccc(C#N)c4)c3n2)c1. The third kappa shape index (κ3) is 3.82. The molecule has 0 spiro atoms. The van der Waals surface area contributed by atoms with Crippen molar-refractivity contribution in [2.75, 3.05) is 5.32 Å². The lowest BCUT2D eigenvalue weighted by Crippen LogP contribution is -2.07. The second kappa shape index (κ2) is 7.66. The summed E-state index contributed by atoms with van der Waals surface area (Å²) in [7, 11) is 0. The molecule has 29 heavy (non-hydrogen) atoms. The molecule has 0 atom stereocenters. The number of amides is 1. The average molecular weight is 381 g/mol. The average Bonchev–Trinajstić information content (AvgIpc) is 3.17. The number of nitrogens with zero attached hydrogens (tertiary/aromatic N) is 3. The molecule has 0 saturated heterocycles. The first-order valence-electron chi connectivity index (χ1n) is 8.72. The van der Waals surface area contributed by atoms with Crippen LogP contribution >= 0.6 is 0 Å². The highest BCUT2D eigenvalue weighted by Gasteiger charge is 2.11. The third-order valence-electron chi connectivity index (χ3n) is 4.17. The second-order valence-corrected chi connectivity index (χ2v) is 6.12. The van der Waals surface area contributed by atoms with Gasteiger partial charge < -0.3 is 15.0 Å². The summed E-state index contributed by atoms with van der Waals surface area (Å²) in [5.41, 5.74) is 4.07. The Morgan fingerprint density at radius 1 is 1.24 bits per heavy atom. The number of hydrogen-bond acceptors (Lipinski definition) is 5. The zero-order chi connectivity index (χ0) is 20.2. The van der Waals surface area contributed by atoms with Gasteiger partial charge in [-0.3, -0.25) is 4.79 Å². The lowest BCUT2D eigenvalue weighted by Gasteiger charge is -2.07. The van der Waals surface area contributed by atoms with Gasteiger partial charge in [-0.2, -0.15) is 5.26 Å². The van der Waals surface area contributed by atoms with Gasteiger partial charge in [-0.15, -0.1) is 0 Å². The van der Waals surface area contributed by atoms with Crippen LogP contribution in [0.25, 0.3) is 22.3 Å². The molecular formula is C22H15N5O2. The van der Waals surface area contributed by atoms with Crippen molar-refractivity contribution < 1.29 is 9.53 Å².